The molecule has 18 heavy (non-hydrogen) atoms. The van der Waals surface area contributed by atoms with Crippen LogP contribution in [0.15, 0.2) is 17.3 Å². The zero-order valence-corrected chi connectivity index (χ0v) is 10.9. The van der Waals surface area contributed by atoms with Crippen LogP contribution in [0.25, 0.3) is 0 Å². The van der Waals surface area contributed by atoms with Gasteiger partial charge in [0.1, 0.15) is 0 Å². The monoisotopic (exact) mass is 248 g/mol. The molecule has 0 aliphatic heterocycles. The number of methoxy groups -OCH3 is 1. The first-order chi connectivity index (χ1) is 8.70. The standard InChI is InChI=1S/C13H20N4O/c1-3-4-5-7-16-9-11(14)10-6-8-17-13(15)12(10)18-2/h6,8-9,14H,3-5,7H2,1-2H3,(H2,15,17). The lowest BCUT2D eigenvalue weighted by Gasteiger charge is -2.08. The number of ether oxygens (including phenoxy) is 1. The third-order valence-corrected chi connectivity index (χ3v) is 2.54. The van der Waals surface area contributed by atoms with Crippen LogP contribution < -0.4 is 10.5 Å². The third kappa shape index (κ3) is 3.84. The topological polar surface area (TPSA) is 84.4 Å². The summed E-state index contributed by atoms with van der Waals surface area (Å²) in [5, 5.41) is 7.94. The summed E-state index contributed by atoms with van der Waals surface area (Å²) in [6.45, 7) is 2.90. The van der Waals surface area contributed by atoms with Gasteiger partial charge in [0, 0.05) is 24.5 Å². The van der Waals surface area contributed by atoms with Gasteiger partial charge in [-0.25, -0.2) is 4.98 Å². The molecule has 1 aromatic rings. The number of nitrogens with two attached hydrogens (primary N) is 1. The van der Waals surface area contributed by atoms with Gasteiger partial charge in [0.05, 0.1) is 12.8 Å². The summed E-state index contributed by atoms with van der Waals surface area (Å²) < 4.78 is 5.15. The smallest absolute Gasteiger partial charge is 0.170 e. The van der Waals surface area contributed by atoms with Crippen LogP contribution in [0, 0.1) is 5.41 Å². The first kappa shape index (κ1) is 14.2. The molecule has 1 rings (SSSR count). The van der Waals surface area contributed by atoms with Gasteiger partial charge in [0.25, 0.3) is 0 Å². The van der Waals surface area contributed by atoms with E-state index in [1.165, 1.54) is 13.5 Å². The lowest BCUT2D eigenvalue weighted by molar-refractivity contribution is 0.414. The molecule has 5 nitrogen and oxygen atoms in total. The van der Waals surface area contributed by atoms with Crippen molar-refractivity contribution in [3.8, 4) is 5.75 Å². The largest absolute Gasteiger partial charge is 0.492 e. The molecule has 1 aromatic heterocycles. The highest BCUT2D eigenvalue weighted by Crippen LogP contribution is 2.23. The Balaban J connectivity index is 2.69. The average molecular weight is 248 g/mol. The van der Waals surface area contributed by atoms with Crippen LogP contribution in [0.1, 0.15) is 31.7 Å². The second-order valence-electron chi connectivity index (χ2n) is 3.93. The quantitative estimate of drug-likeness (QED) is 0.573. The van der Waals surface area contributed by atoms with Crippen LogP contribution in [0.3, 0.4) is 0 Å². The van der Waals surface area contributed by atoms with Crippen molar-refractivity contribution in [2.45, 2.75) is 26.2 Å². The molecule has 0 spiro atoms. The van der Waals surface area contributed by atoms with Crippen molar-refractivity contribution in [3.63, 3.8) is 0 Å². The van der Waals surface area contributed by atoms with E-state index in [9.17, 15) is 0 Å². The van der Waals surface area contributed by atoms with E-state index in [0.717, 1.165) is 19.4 Å². The Bertz CT molecular complexity index is 429. The van der Waals surface area contributed by atoms with Gasteiger partial charge in [-0.05, 0) is 12.5 Å². The van der Waals surface area contributed by atoms with Crippen LogP contribution in [0.4, 0.5) is 5.82 Å². The molecule has 3 N–H and O–H groups in total. The van der Waals surface area contributed by atoms with E-state index in [0.29, 0.717) is 17.1 Å². The van der Waals surface area contributed by atoms with Crippen LogP contribution >= 0.6 is 0 Å². The van der Waals surface area contributed by atoms with Crippen molar-refractivity contribution in [2.24, 2.45) is 4.99 Å². The van der Waals surface area contributed by atoms with Crippen molar-refractivity contribution < 1.29 is 4.74 Å². The fraction of sp³-hybridized carbons (Fsp3) is 0.462. The molecule has 0 aromatic carbocycles. The minimum absolute atomic E-state index is 0.289. The van der Waals surface area contributed by atoms with Gasteiger partial charge < -0.3 is 10.5 Å². The van der Waals surface area contributed by atoms with E-state index in [4.69, 9.17) is 15.9 Å². The zero-order chi connectivity index (χ0) is 13.4. The molecule has 98 valence electrons. The number of hydrogen-bond donors (Lipinski definition) is 2. The van der Waals surface area contributed by atoms with Crippen LogP contribution in [-0.2, 0) is 0 Å². The summed E-state index contributed by atoms with van der Waals surface area (Å²) >= 11 is 0. The second-order valence-corrected chi connectivity index (χ2v) is 3.93. The highest BCUT2D eigenvalue weighted by Gasteiger charge is 2.10. The summed E-state index contributed by atoms with van der Waals surface area (Å²) in [6, 6.07) is 1.70. The Morgan fingerprint density at radius 1 is 1.56 bits per heavy atom. The number of nitrogens with one attached hydrogen (secondary N) is 1. The second kappa shape index (κ2) is 7.42. The molecule has 0 aliphatic carbocycles. The highest BCUT2D eigenvalue weighted by atomic mass is 16.5. The number of hydrogen-bond acceptors (Lipinski definition) is 5. The van der Waals surface area contributed by atoms with Gasteiger partial charge in [0.2, 0.25) is 0 Å². The first-order valence-corrected chi connectivity index (χ1v) is 6.08. The molecule has 0 unspecified atom stereocenters. The first-order valence-electron chi connectivity index (χ1n) is 6.08. The van der Waals surface area contributed by atoms with Crippen molar-refractivity contribution in [2.75, 3.05) is 19.4 Å². The minimum Gasteiger partial charge on any atom is -0.492 e. The van der Waals surface area contributed by atoms with Crippen LogP contribution in [0.2, 0.25) is 0 Å². The van der Waals surface area contributed by atoms with E-state index >= 15 is 0 Å². The third-order valence-electron chi connectivity index (χ3n) is 2.54. The summed E-state index contributed by atoms with van der Waals surface area (Å²) in [7, 11) is 1.52. The fourth-order valence-electron chi connectivity index (χ4n) is 1.57. The molecule has 0 radical (unpaired) electrons. The maximum atomic E-state index is 7.94. The number of nitrogen functional groups attached to an aromatic ring is 1. The fourth-order valence-corrected chi connectivity index (χ4v) is 1.57. The highest BCUT2D eigenvalue weighted by molar-refractivity contribution is 6.37. The summed E-state index contributed by atoms with van der Waals surface area (Å²) in [4.78, 5) is 8.15. The molecule has 0 bridgehead atoms. The number of aliphatic imine (C=N–C) groups is 1. The predicted octanol–water partition coefficient (Wildman–Crippen LogP) is 2.30. The Hall–Kier alpha value is -1.91. The number of pyridine rings is 1. The predicted molar refractivity (Wildman–Crippen MR) is 74.9 cm³/mol. The van der Waals surface area contributed by atoms with Gasteiger partial charge in [0.15, 0.2) is 11.6 Å². The van der Waals surface area contributed by atoms with E-state index < -0.39 is 0 Å². The molecule has 5 heteroatoms. The number of aromatic nitrogens is 1. The van der Waals surface area contributed by atoms with E-state index in [-0.39, 0.29) is 5.71 Å². The molecule has 0 aliphatic rings. The van der Waals surface area contributed by atoms with Crippen molar-refractivity contribution in [1.29, 1.82) is 5.41 Å². The average Bonchev–Trinajstić information content (AvgIpc) is 2.38. The maximum absolute atomic E-state index is 7.94. The molecule has 0 amide bonds. The van der Waals surface area contributed by atoms with Crippen molar-refractivity contribution >= 4 is 17.7 Å². The SMILES string of the molecule is CCCCCN=CC(=N)c1ccnc(N)c1OC. The Morgan fingerprint density at radius 3 is 3.00 bits per heavy atom. The van der Waals surface area contributed by atoms with E-state index in [2.05, 4.69) is 16.9 Å². The Morgan fingerprint density at radius 2 is 2.33 bits per heavy atom. The summed E-state index contributed by atoms with van der Waals surface area (Å²) in [5.74, 6) is 0.724. The number of anilines is 1. The number of rotatable bonds is 7. The lowest BCUT2D eigenvalue weighted by Crippen LogP contribution is -2.07. The molecule has 1 heterocycles. The minimum atomic E-state index is 0.289. The van der Waals surface area contributed by atoms with Crippen LogP contribution in [0.5, 0.6) is 5.75 Å². The van der Waals surface area contributed by atoms with Crippen molar-refractivity contribution in [1.82, 2.24) is 4.98 Å². The van der Waals surface area contributed by atoms with E-state index in [1.807, 2.05) is 0 Å². The molecule has 0 fully saturated rings. The lowest BCUT2D eigenvalue weighted by atomic mass is 10.1. The van der Waals surface area contributed by atoms with Crippen molar-refractivity contribution in [3.05, 3.63) is 17.8 Å². The number of unbranched alkanes of at least 4 members (excludes halogenated alkanes) is 2. The van der Waals surface area contributed by atoms with Gasteiger partial charge in [-0.3, -0.25) is 10.4 Å². The summed E-state index contributed by atoms with van der Waals surface area (Å²) in [5.41, 5.74) is 6.59. The van der Waals surface area contributed by atoms with E-state index in [1.54, 1.807) is 18.5 Å². The van der Waals surface area contributed by atoms with Gasteiger partial charge in [-0.2, -0.15) is 0 Å². The molecule has 0 saturated heterocycles. The zero-order valence-electron chi connectivity index (χ0n) is 10.9. The Kier molecular flexibility index (Phi) is 5.84. The normalized spacial score (nSPS) is 10.8. The molecular formula is C13H20N4O. The summed E-state index contributed by atoms with van der Waals surface area (Å²) in [6.07, 6.45) is 6.49. The van der Waals surface area contributed by atoms with Crippen LogP contribution in [-0.4, -0.2) is 30.6 Å². The van der Waals surface area contributed by atoms with Gasteiger partial charge in [-0.1, -0.05) is 19.8 Å². The molecule has 0 atom stereocenters. The molecule has 0 saturated carbocycles. The Labute approximate surface area is 108 Å². The maximum Gasteiger partial charge on any atom is 0.170 e. The number of nitrogens with zero attached hydrogens (tertiary/aromatic N) is 2. The van der Waals surface area contributed by atoms with Gasteiger partial charge in [-0.15, -0.1) is 0 Å². The van der Waals surface area contributed by atoms with Gasteiger partial charge >= 0.3 is 0 Å². The molecular weight excluding hydrogens is 228 g/mol.